The number of fused-ring (bicyclic) bond motifs is 2. The Morgan fingerprint density at radius 2 is 1.76 bits per heavy atom. The van der Waals surface area contributed by atoms with Gasteiger partial charge in [0.25, 0.3) is 17.7 Å². The molecule has 5 heterocycles. The molecule has 7 rings (SSSR count). The highest BCUT2D eigenvalue weighted by molar-refractivity contribution is 9.10. The fourth-order valence-electron chi connectivity index (χ4n) is 7.65. The van der Waals surface area contributed by atoms with Crippen LogP contribution in [0.15, 0.2) is 59.3 Å². The van der Waals surface area contributed by atoms with Crippen LogP contribution in [0.5, 0.6) is 5.75 Å². The number of halogens is 1. The second-order valence-electron chi connectivity index (χ2n) is 14.3. The highest BCUT2D eigenvalue weighted by Crippen LogP contribution is 2.34. The molecular weight excluding hydrogens is 768 g/mol. The number of amides is 5. The molecule has 2 saturated heterocycles. The number of hydrogen-bond acceptors (Lipinski definition) is 10. The van der Waals surface area contributed by atoms with Crippen LogP contribution in [0.4, 0.5) is 5.95 Å². The van der Waals surface area contributed by atoms with Crippen molar-refractivity contribution in [3.63, 3.8) is 0 Å². The maximum atomic E-state index is 13.2. The Labute approximate surface area is 327 Å². The molecule has 2 fully saturated rings. The van der Waals surface area contributed by atoms with Gasteiger partial charge in [-0.2, -0.15) is 0 Å². The van der Waals surface area contributed by atoms with E-state index in [0.29, 0.717) is 18.5 Å². The third-order valence-electron chi connectivity index (χ3n) is 10.4. The number of hydrogen-bond donors (Lipinski definition) is 4. The molecule has 0 bridgehead atoms. The Balaban J connectivity index is 0.765. The van der Waals surface area contributed by atoms with Crippen molar-refractivity contribution in [3.05, 3.63) is 70.5 Å². The monoisotopic (exact) mass is 812 g/mol. The van der Waals surface area contributed by atoms with Gasteiger partial charge in [-0.1, -0.05) is 49.9 Å². The molecule has 0 spiro atoms. The van der Waals surface area contributed by atoms with Crippen molar-refractivity contribution in [3.8, 4) is 17.0 Å². The number of para-hydroxylation sites is 1. The minimum Gasteiger partial charge on any atom is -0.483 e. The maximum Gasteiger partial charge on any atom is 0.266 e. The lowest BCUT2D eigenvalue weighted by Crippen LogP contribution is -2.54. The van der Waals surface area contributed by atoms with E-state index in [2.05, 4.69) is 58.9 Å². The summed E-state index contributed by atoms with van der Waals surface area (Å²) < 4.78 is 6.53. The molecule has 14 nitrogen and oxygen atoms in total. The molecule has 2 atom stereocenters. The topological polar surface area (TPSA) is 179 Å². The normalized spacial score (nSPS) is 18.7. The van der Waals surface area contributed by atoms with Crippen LogP contribution in [0.3, 0.4) is 0 Å². The number of rotatable bonds is 16. The van der Waals surface area contributed by atoms with Gasteiger partial charge in [0.05, 0.1) is 21.3 Å². The molecule has 3 aliphatic rings. The lowest BCUT2D eigenvalue weighted by atomic mass is 10.0. The third-order valence-corrected chi connectivity index (χ3v) is 11.0. The molecule has 4 aromatic rings. The number of benzene rings is 2. The fraction of sp³-hybridized carbons (Fsp3) is 0.425. The zero-order valence-corrected chi connectivity index (χ0v) is 32.2. The van der Waals surface area contributed by atoms with E-state index in [9.17, 15) is 24.0 Å². The number of carbonyl (C=O) groups is 5. The molecular formula is C40H45BrN8O6. The van der Waals surface area contributed by atoms with E-state index in [-0.39, 0.29) is 42.2 Å². The molecule has 0 saturated carbocycles. The number of carbonyl (C=O) groups excluding carboxylic acids is 5. The zero-order chi connectivity index (χ0) is 38.3. The largest absolute Gasteiger partial charge is 0.483 e. The zero-order valence-electron chi connectivity index (χ0n) is 30.6. The average Bonchev–Trinajstić information content (AvgIpc) is 3.72. The number of piperidine rings is 2. The van der Waals surface area contributed by atoms with Gasteiger partial charge < -0.3 is 25.3 Å². The number of nitrogens with one attached hydrogen (secondary N) is 4. The number of imide groups is 2. The van der Waals surface area contributed by atoms with Crippen molar-refractivity contribution in [1.82, 2.24) is 35.4 Å². The minimum absolute atomic E-state index is 0.0216. The summed E-state index contributed by atoms with van der Waals surface area (Å²) in [6.07, 6.45) is 12.5. The van der Waals surface area contributed by atoms with Gasteiger partial charge >= 0.3 is 0 Å². The van der Waals surface area contributed by atoms with Crippen molar-refractivity contribution >= 4 is 62.3 Å². The molecule has 2 aromatic heterocycles. The SMILES string of the molecule is O=C(COc1cccc2c1C(=O)N(C1CCC(=O)NC1=O)C2=O)NCCCCCCCCN1CCC[C@@H](Nc2ncc(Br)c(-c3c[nH]c4ccccc34)n2)C1. The van der Waals surface area contributed by atoms with E-state index in [0.717, 1.165) is 103 Å². The highest BCUT2D eigenvalue weighted by Gasteiger charge is 2.46. The summed E-state index contributed by atoms with van der Waals surface area (Å²) in [5.41, 5.74) is 3.11. The van der Waals surface area contributed by atoms with E-state index in [1.807, 2.05) is 24.5 Å². The number of anilines is 1. The van der Waals surface area contributed by atoms with Gasteiger partial charge in [0.1, 0.15) is 11.8 Å². The van der Waals surface area contributed by atoms with Gasteiger partial charge in [-0.05, 0) is 79.3 Å². The molecule has 5 amide bonds. The lowest BCUT2D eigenvalue weighted by molar-refractivity contribution is -0.136. The van der Waals surface area contributed by atoms with Crippen LogP contribution in [0.25, 0.3) is 22.2 Å². The quantitative estimate of drug-likeness (QED) is 0.0869. The third kappa shape index (κ3) is 8.89. The van der Waals surface area contributed by atoms with Gasteiger partial charge in [0.2, 0.25) is 17.8 Å². The second kappa shape index (κ2) is 17.5. The van der Waals surface area contributed by atoms with E-state index in [1.165, 1.54) is 12.1 Å². The second-order valence-corrected chi connectivity index (χ2v) is 15.2. The first-order valence-electron chi connectivity index (χ1n) is 19.1. The fourth-order valence-corrected chi connectivity index (χ4v) is 8.05. The van der Waals surface area contributed by atoms with Crippen molar-refractivity contribution in [2.75, 3.05) is 38.1 Å². The van der Waals surface area contributed by atoms with E-state index in [4.69, 9.17) is 9.72 Å². The smallest absolute Gasteiger partial charge is 0.266 e. The van der Waals surface area contributed by atoms with Crippen molar-refractivity contribution in [1.29, 1.82) is 0 Å². The lowest BCUT2D eigenvalue weighted by Gasteiger charge is -2.33. The first-order chi connectivity index (χ1) is 26.8. The van der Waals surface area contributed by atoms with E-state index in [1.54, 1.807) is 6.07 Å². The van der Waals surface area contributed by atoms with Crippen LogP contribution in [-0.2, 0) is 14.4 Å². The Bertz CT molecular complexity index is 2090. The van der Waals surface area contributed by atoms with Crippen molar-refractivity contribution < 1.29 is 28.7 Å². The number of aromatic nitrogens is 3. The predicted octanol–water partition coefficient (Wildman–Crippen LogP) is 5.20. The average molecular weight is 814 g/mol. The number of likely N-dealkylation sites (tertiary alicyclic amines) is 1. The van der Waals surface area contributed by atoms with Crippen LogP contribution in [0, 0.1) is 0 Å². The Morgan fingerprint density at radius 3 is 2.62 bits per heavy atom. The molecule has 288 valence electrons. The first-order valence-corrected chi connectivity index (χ1v) is 19.9. The van der Waals surface area contributed by atoms with Crippen molar-refractivity contribution in [2.45, 2.75) is 76.3 Å². The van der Waals surface area contributed by atoms with Crippen LogP contribution in [0.1, 0.15) is 84.9 Å². The molecule has 0 radical (unpaired) electrons. The summed E-state index contributed by atoms with van der Waals surface area (Å²) in [7, 11) is 0. The number of aromatic amines is 1. The number of unbranched alkanes of at least 4 members (excludes halogenated alkanes) is 5. The predicted molar refractivity (Wildman–Crippen MR) is 209 cm³/mol. The number of H-pyrrole nitrogens is 1. The summed E-state index contributed by atoms with van der Waals surface area (Å²) in [4.78, 5) is 78.9. The maximum absolute atomic E-state index is 13.2. The van der Waals surface area contributed by atoms with Gasteiger partial charge in [-0.3, -0.25) is 34.2 Å². The van der Waals surface area contributed by atoms with Crippen molar-refractivity contribution in [2.24, 2.45) is 0 Å². The molecule has 1 unspecified atom stereocenters. The Morgan fingerprint density at radius 1 is 0.945 bits per heavy atom. The van der Waals surface area contributed by atoms with Crippen LogP contribution < -0.4 is 20.7 Å². The van der Waals surface area contributed by atoms with Gasteiger partial charge in [0, 0.05) is 54.4 Å². The Kier molecular flexibility index (Phi) is 12.2. The number of ether oxygens (including phenoxy) is 1. The molecule has 15 heteroatoms. The van der Waals surface area contributed by atoms with E-state index >= 15 is 0 Å². The van der Waals surface area contributed by atoms with Crippen LogP contribution >= 0.6 is 15.9 Å². The Hall–Kier alpha value is -5.15. The molecule has 4 N–H and O–H groups in total. The number of nitrogens with zero attached hydrogens (tertiary/aromatic N) is 4. The summed E-state index contributed by atoms with van der Waals surface area (Å²) in [5.74, 6) is -2.00. The standard InChI is InChI=1S/C40H45BrN8O6/c41-29-22-44-40(47-36(29)28-21-43-30-14-6-5-12-26(28)30)45-25-11-10-20-48(23-25)19-8-4-2-1-3-7-18-42-34(51)24-55-32-15-9-13-27-35(32)39(54)49(38(27)53)31-16-17-33(50)46-37(31)52/h5-6,9,12-15,21-22,25,31,43H,1-4,7-8,10-11,16-20,23-24H2,(H,42,51)(H,44,45,47)(H,46,50,52)/t25-,31?/m1/s1. The molecule has 2 aromatic carbocycles. The minimum atomic E-state index is -1.07. The van der Waals surface area contributed by atoms with Gasteiger partial charge in [-0.25, -0.2) is 9.97 Å². The van der Waals surface area contributed by atoms with Crippen LogP contribution in [0.2, 0.25) is 0 Å². The highest BCUT2D eigenvalue weighted by atomic mass is 79.9. The summed E-state index contributed by atoms with van der Waals surface area (Å²) in [6.45, 7) is 3.34. The summed E-state index contributed by atoms with van der Waals surface area (Å²) in [5, 5.41) is 9.76. The molecule has 55 heavy (non-hydrogen) atoms. The van der Waals surface area contributed by atoms with Gasteiger partial charge in [-0.15, -0.1) is 0 Å². The summed E-state index contributed by atoms with van der Waals surface area (Å²) >= 11 is 3.64. The van der Waals surface area contributed by atoms with E-state index < -0.39 is 29.7 Å². The van der Waals surface area contributed by atoms with Crippen LogP contribution in [-0.4, -0.2) is 99.2 Å². The first kappa shape index (κ1) is 38.1. The molecule has 3 aliphatic heterocycles. The molecule has 0 aliphatic carbocycles. The summed E-state index contributed by atoms with van der Waals surface area (Å²) in [6, 6.07) is 12.0. The van der Waals surface area contributed by atoms with Gasteiger partial charge in [0.15, 0.2) is 6.61 Å².